The number of rotatable bonds is 5. The van der Waals surface area contributed by atoms with E-state index in [1.54, 1.807) is 36.4 Å². The number of hydrogen-bond donors (Lipinski definition) is 2. The lowest BCUT2D eigenvalue weighted by Crippen LogP contribution is -2.24. The Balaban J connectivity index is 1.39. The maximum absolute atomic E-state index is 12.4. The number of hydrogen-bond acceptors (Lipinski definition) is 7. The number of para-hydroxylation sites is 2. The molecule has 0 saturated heterocycles. The number of methoxy groups -OCH3 is 2. The van der Waals surface area contributed by atoms with E-state index in [2.05, 4.69) is 15.0 Å². The molecule has 0 aliphatic rings. The summed E-state index contributed by atoms with van der Waals surface area (Å²) in [6.45, 7) is 0. The van der Waals surface area contributed by atoms with Crippen LogP contribution >= 0.6 is 11.9 Å². The number of benzene rings is 3. The molecule has 3 aromatic carbocycles. The van der Waals surface area contributed by atoms with Crippen molar-refractivity contribution < 1.29 is 23.5 Å². The maximum atomic E-state index is 12.4. The van der Waals surface area contributed by atoms with Crippen molar-refractivity contribution in [1.29, 1.82) is 0 Å². The van der Waals surface area contributed by atoms with Crippen molar-refractivity contribution in [2.75, 3.05) is 19.5 Å². The lowest BCUT2D eigenvalue weighted by atomic mass is 10.2. The highest BCUT2D eigenvalue weighted by molar-refractivity contribution is 8.12. The quantitative estimate of drug-likeness (QED) is 0.408. The number of nitrogens with one attached hydrogen (secondary N) is 2. The van der Waals surface area contributed by atoms with Crippen LogP contribution in [0.5, 0.6) is 11.5 Å². The number of fused-ring (bicyclic) bond motifs is 1. The highest BCUT2D eigenvalue weighted by Crippen LogP contribution is 2.29. The summed E-state index contributed by atoms with van der Waals surface area (Å²) in [6.07, 6.45) is 0. The Morgan fingerprint density at radius 2 is 1.75 bits per heavy atom. The van der Waals surface area contributed by atoms with Crippen LogP contribution in [0.4, 0.5) is 10.5 Å². The van der Waals surface area contributed by atoms with Gasteiger partial charge in [-0.3, -0.25) is 9.52 Å². The summed E-state index contributed by atoms with van der Waals surface area (Å²) < 4.78 is 18.6. The minimum absolute atomic E-state index is 0.346. The molecule has 0 aliphatic heterocycles. The Bertz CT molecular complexity index is 1250. The van der Waals surface area contributed by atoms with Crippen molar-refractivity contribution in [3.8, 4) is 23.0 Å². The zero-order valence-corrected chi connectivity index (χ0v) is 18.1. The summed E-state index contributed by atoms with van der Waals surface area (Å²) in [5, 5.41) is 2.35. The van der Waals surface area contributed by atoms with Crippen molar-refractivity contribution >= 4 is 39.9 Å². The van der Waals surface area contributed by atoms with Crippen LogP contribution in [0.2, 0.25) is 0 Å². The highest BCUT2D eigenvalue weighted by atomic mass is 32.2. The van der Waals surface area contributed by atoms with Gasteiger partial charge < -0.3 is 19.2 Å². The Hall–Kier alpha value is -3.98. The first-order valence-corrected chi connectivity index (χ1v) is 10.3. The van der Waals surface area contributed by atoms with Crippen LogP contribution < -0.4 is 19.5 Å². The Morgan fingerprint density at radius 3 is 2.53 bits per heavy atom. The second kappa shape index (κ2) is 9.44. The van der Waals surface area contributed by atoms with E-state index in [0.717, 1.165) is 5.52 Å². The van der Waals surface area contributed by atoms with Gasteiger partial charge in [-0.2, -0.15) is 0 Å². The van der Waals surface area contributed by atoms with E-state index >= 15 is 0 Å². The molecule has 2 amide bonds. The number of carbonyl (C=O) groups excluding carboxylic acids is 2. The number of ether oxygens (including phenoxy) is 2. The fourth-order valence-electron chi connectivity index (χ4n) is 3.00. The van der Waals surface area contributed by atoms with E-state index in [9.17, 15) is 9.59 Å². The molecule has 0 radical (unpaired) electrons. The molecule has 0 unspecified atom stereocenters. The van der Waals surface area contributed by atoms with Gasteiger partial charge in [0.2, 0.25) is 11.0 Å². The SMILES string of the molecule is COc1ccc(C(=O)SNC(=O)Nc2cccc(-c3nc4ccccc4o3)c2)cc1OC. The fraction of sp³-hybridized carbons (Fsp3) is 0.0870. The predicted molar refractivity (Wildman–Crippen MR) is 123 cm³/mol. The van der Waals surface area contributed by atoms with Crippen LogP contribution in [0, 0.1) is 0 Å². The molecule has 0 fully saturated rings. The number of amides is 2. The van der Waals surface area contributed by atoms with E-state index in [0.29, 0.717) is 51.7 Å². The van der Waals surface area contributed by atoms with Crippen molar-refractivity contribution in [3.63, 3.8) is 0 Å². The second-order valence-corrected chi connectivity index (χ2v) is 7.36. The average Bonchev–Trinajstić information content (AvgIpc) is 3.26. The molecule has 1 heterocycles. The largest absolute Gasteiger partial charge is 0.493 e. The molecule has 4 rings (SSSR count). The van der Waals surface area contributed by atoms with E-state index in [1.165, 1.54) is 14.2 Å². The molecule has 8 nitrogen and oxygen atoms in total. The number of anilines is 1. The Labute approximate surface area is 188 Å². The number of aromatic nitrogens is 1. The molecule has 0 spiro atoms. The molecular weight excluding hydrogens is 430 g/mol. The maximum Gasteiger partial charge on any atom is 0.329 e. The van der Waals surface area contributed by atoms with E-state index in [1.807, 2.05) is 30.3 Å². The normalized spacial score (nSPS) is 10.6. The average molecular weight is 449 g/mol. The van der Waals surface area contributed by atoms with Gasteiger partial charge in [0.25, 0.3) is 0 Å². The third-order valence-electron chi connectivity index (χ3n) is 4.52. The zero-order chi connectivity index (χ0) is 22.5. The Morgan fingerprint density at radius 1 is 0.938 bits per heavy atom. The van der Waals surface area contributed by atoms with E-state index in [-0.39, 0.29) is 5.12 Å². The molecule has 1 aromatic heterocycles. The smallest absolute Gasteiger partial charge is 0.329 e. The Kier molecular flexibility index (Phi) is 6.27. The molecule has 162 valence electrons. The van der Waals surface area contributed by atoms with Gasteiger partial charge >= 0.3 is 6.03 Å². The molecular formula is C23H19N3O5S. The molecule has 32 heavy (non-hydrogen) atoms. The van der Waals surface area contributed by atoms with Gasteiger partial charge in [0.05, 0.1) is 14.2 Å². The molecule has 4 aromatic rings. The van der Waals surface area contributed by atoms with Gasteiger partial charge in [0.1, 0.15) is 5.52 Å². The lowest BCUT2D eigenvalue weighted by Gasteiger charge is -2.09. The summed E-state index contributed by atoms with van der Waals surface area (Å²) in [6, 6.07) is 18.8. The van der Waals surface area contributed by atoms with Crippen molar-refractivity contribution in [3.05, 3.63) is 72.3 Å². The number of oxazole rings is 1. The van der Waals surface area contributed by atoms with Crippen LogP contribution in [0.15, 0.2) is 71.1 Å². The van der Waals surface area contributed by atoms with Crippen LogP contribution in [0.1, 0.15) is 10.4 Å². The standard InChI is InChI=1S/C23H19N3O5S/c1-29-19-11-10-15(13-20(19)30-2)22(27)32-26-23(28)24-16-7-5-6-14(12-16)21-25-17-8-3-4-9-18(17)31-21/h3-13H,1-2H3,(H2,24,26,28). The number of nitrogens with zero attached hydrogens (tertiary/aromatic N) is 1. The second-order valence-electron chi connectivity index (χ2n) is 6.58. The molecule has 0 saturated carbocycles. The summed E-state index contributed by atoms with van der Waals surface area (Å²) in [7, 11) is 3.00. The summed E-state index contributed by atoms with van der Waals surface area (Å²) in [4.78, 5) is 29.1. The van der Waals surface area contributed by atoms with Gasteiger partial charge in [-0.05, 0) is 48.5 Å². The molecule has 9 heteroatoms. The monoisotopic (exact) mass is 449 g/mol. The van der Waals surface area contributed by atoms with Crippen molar-refractivity contribution in [2.24, 2.45) is 0 Å². The first-order chi connectivity index (χ1) is 15.6. The molecule has 2 N–H and O–H groups in total. The van der Waals surface area contributed by atoms with Crippen LogP contribution in [0.3, 0.4) is 0 Å². The van der Waals surface area contributed by atoms with Crippen molar-refractivity contribution in [2.45, 2.75) is 0 Å². The summed E-state index contributed by atoms with van der Waals surface area (Å²) in [5.74, 6) is 1.39. The fourth-order valence-corrected chi connectivity index (χ4v) is 3.48. The first kappa shape index (κ1) is 21.3. The zero-order valence-electron chi connectivity index (χ0n) is 17.2. The molecule has 0 aliphatic carbocycles. The predicted octanol–water partition coefficient (Wildman–Crippen LogP) is 5.12. The topological polar surface area (TPSA) is 103 Å². The minimum atomic E-state index is -0.543. The van der Waals surface area contributed by atoms with Gasteiger partial charge in [-0.1, -0.05) is 18.2 Å². The molecule has 0 atom stereocenters. The van der Waals surface area contributed by atoms with Gasteiger partial charge in [0.15, 0.2) is 17.1 Å². The van der Waals surface area contributed by atoms with Gasteiger partial charge in [0, 0.05) is 28.8 Å². The summed E-state index contributed by atoms with van der Waals surface area (Å²) >= 11 is 0.665. The van der Waals surface area contributed by atoms with E-state index < -0.39 is 6.03 Å². The van der Waals surface area contributed by atoms with Crippen molar-refractivity contribution in [1.82, 2.24) is 9.71 Å². The number of urea groups is 1. The van der Waals surface area contributed by atoms with Crippen LogP contribution in [-0.4, -0.2) is 30.3 Å². The van der Waals surface area contributed by atoms with Crippen LogP contribution in [-0.2, 0) is 0 Å². The van der Waals surface area contributed by atoms with Gasteiger partial charge in [-0.15, -0.1) is 0 Å². The summed E-state index contributed by atoms with van der Waals surface area (Å²) in [5.41, 5.74) is 3.05. The van der Waals surface area contributed by atoms with Gasteiger partial charge in [-0.25, -0.2) is 9.78 Å². The first-order valence-electron chi connectivity index (χ1n) is 9.53. The third kappa shape index (κ3) is 4.68. The highest BCUT2D eigenvalue weighted by Gasteiger charge is 2.14. The molecule has 0 bridgehead atoms. The number of carbonyl (C=O) groups is 2. The van der Waals surface area contributed by atoms with Crippen LogP contribution in [0.25, 0.3) is 22.6 Å². The van der Waals surface area contributed by atoms with E-state index in [4.69, 9.17) is 13.9 Å². The lowest BCUT2D eigenvalue weighted by molar-refractivity contribution is 0.108. The minimum Gasteiger partial charge on any atom is -0.493 e. The third-order valence-corrected chi connectivity index (χ3v) is 5.23.